The van der Waals surface area contributed by atoms with Gasteiger partial charge in [0.2, 0.25) is 17.7 Å². The number of nitrogens with one attached hydrogen (secondary N) is 1. The summed E-state index contributed by atoms with van der Waals surface area (Å²) < 4.78 is 11.2. The molecule has 1 fully saturated rings. The van der Waals surface area contributed by atoms with E-state index in [4.69, 9.17) is 9.15 Å². The van der Waals surface area contributed by atoms with E-state index in [1.807, 2.05) is 38.1 Å². The Morgan fingerprint density at radius 3 is 2.83 bits per heavy atom. The van der Waals surface area contributed by atoms with Gasteiger partial charge in [-0.2, -0.15) is 0 Å². The highest BCUT2D eigenvalue weighted by Gasteiger charge is 2.23. The maximum Gasteiger partial charge on any atom is 0.247 e. The van der Waals surface area contributed by atoms with Crippen LogP contribution in [0, 0.1) is 6.92 Å². The van der Waals surface area contributed by atoms with Gasteiger partial charge in [-0.3, -0.25) is 4.79 Å². The molecule has 0 saturated carbocycles. The van der Waals surface area contributed by atoms with Crippen LogP contribution in [0.15, 0.2) is 28.7 Å². The van der Waals surface area contributed by atoms with Gasteiger partial charge in [0.15, 0.2) is 0 Å². The van der Waals surface area contributed by atoms with E-state index < -0.39 is 0 Å². The van der Waals surface area contributed by atoms with Crippen LogP contribution in [0.1, 0.15) is 37.6 Å². The second kappa shape index (κ2) is 7.57. The molecule has 1 N–H and O–H groups in total. The van der Waals surface area contributed by atoms with Crippen LogP contribution in [-0.2, 0) is 16.0 Å². The Morgan fingerprint density at radius 1 is 1.33 bits per heavy atom. The summed E-state index contributed by atoms with van der Waals surface area (Å²) in [4.78, 5) is 12.0. The maximum absolute atomic E-state index is 12.0. The first-order chi connectivity index (χ1) is 11.6. The minimum Gasteiger partial charge on any atom is -0.421 e. The quantitative estimate of drug-likeness (QED) is 0.881. The average molecular weight is 329 g/mol. The lowest BCUT2D eigenvalue weighted by Crippen LogP contribution is -2.40. The number of aromatic nitrogens is 2. The number of hydrogen-bond acceptors (Lipinski definition) is 5. The van der Waals surface area contributed by atoms with Crippen LogP contribution in [0.4, 0.5) is 0 Å². The summed E-state index contributed by atoms with van der Waals surface area (Å²) in [5.74, 6) is 0.941. The molecule has 24 heavy (non-hydrogen) atoms. The third kappa shape index (κ3) is 4.20. The van der Waals surface area contributed by atoms with E-state index in [9.17, 15) is 4.79 Å². The normalized spacial score (nSPS) is 18.5. The predicted molar refractivity (Wildman–Crippen MR) is 89.4 cm³/mol. The summed E-state index contributed by atoms with van der Waals surface area (Å²) in [7, 11) is 0. The van der Waals surface area contributed by atoms with E-state index in [2.05, 4.69) is 15.5 Å². The summed E-state index contributed by atoms with van der Waals surface area (Å²) in [5.41, 5.74) is 2.06. The van der Waals surface area contributed by atoms with Crippen LogP contribution >= 0.6 is 0 Å². The summed E-state index contributed by atoms with van der Waals surface area (Å²) in [6.07, 6.45) is 2.96. The summed E-state index contributed by atoms with van der Waals surface area (Å²) in [5, 5.41) is 11.1. The SMILES string of the molecule is Cc1ccc(-c2nnc(CCC(=O)N[C@H](C)[C@H]3CCCO3)o2)cc1. The van der Waals surface area contributed by atoms with Crippen molar-refractivity contribution in [2.24, 2.45) is 0 Å². The fraction of sp³-hybridized carbons (Fsp3) is 0.500. The van der Waals surface area contributed by atoms with Crippen LogP contribution in [0.2, 0.25) is 0 Å². The second-order valence-electron chi connectivity index (χ2n) is 6.27. The fourth-order valence-electron chi connectivity index (χ4n) is 2.80. The molecule has 0 bridgehead atoms. The third-order valence-electron chi connectivity index (χ3n) is 4.24. The molecule has 0 radical (unpaired) electrons. The number of hydrogen-bond donors (Lipinski definition) is 1. The van der Waals surface area contributed by atoms with Crippen molar-refractivity contribution in [2.45, 2.75) is 51.7 Å². The lowest BCUT2D eigenvalue weighted by Gasteiger charge is -2.19. The summed E-state index contributed by atoms with van der Waals surface area (Å²) in [6.45, 7) is 4.80. The van der Waals surface area contributed by atoms with Gasteiger partial charge in [-0.1, -0.05) is 17.7 Å². The molecule has 0 spiro atoms. The maximum atomic E-state index is 12.0. The Labute approximate surface area is 141 Å². The highest BCUT2D eigenvalue weighted by molar-refractivity contribution is 5.76. The van der Waals surface area contributed by atoms with Crippen molar-refractivity contribution in [2.75, 3.05) is 6.61 Å². The van der Waals surface area contributed by atoms with E-state index in [1.54, 1.807) is 0 Å². The van der Waals surface area contributed by atoms with Crippen molar-refractivity contribution in [3.63, 3.8) is 0 Å². The summed E-state index contributed by atoms with van der Waals surface area (Å²) in [6, 6.07) is 7.93. The molecule has 0 unspecified atom stereocenters. The minimum atomic E-state index is -0.0203. The molecule has 2 heterocycles. The molecule has 0 aliphatic carbocycles. The highest BCUT2D eigenvalue weighted by atomic mass is 16.5. The molecular weight excluding hydrogens is 306 g/mol. The Balaban J connectivity index is 1.49. The number of benzene rings is 1. The van der Waals surface area contributed by atoms with E-state index in [0.29, 0.717) is 24.6 Å². The largest absolute Gasteiger partial charge is 0.421 e. The van der Waals surface area contributed by atoms with E-state index >= 15 is 0 Å². The molecular formula is C18H23N3O3. The standard InChI is InChI=1S/C18H23N3O3/c1-12-5-7-14(8-6-12)18-21-20-17(24-18)10-9-16(22)19-13(2)15-4-3-11-23-15/h5-8,13,15H,3-4,9-11H2,1-2H3,(H,19,22)/t13-,15-/m1/s1. The highest BCUT2D eigenvalue weighted by Crippen LogP contribution is 2.19. The molecule has 6 heteroatoms. The van der Waals surface area contributed by atoms with Crippen molar-refractivity contribution >= 4 is 5.91 Å². The van der Waals surface area contributed by atoms with Crippen molar-refractivity contribution in [1.29, 1.82) is 0 Å². The molecule has 1 aliphatic heterocycles. The van der Waals surface area contributed by atoms with Gasteiger partial charge in [-0.25, -0.2) is 0 Å². The fourth-order valence-corrected chi connectivity index (χ4v) is 2.80. The Kier molecular flexibility index (Phi) is 5.25. The molecule has 2 aromatic rings. The molecule has 6 nitrogen and oxygen atoms in total. The number of nitrogens with zero attached hydrogens (tertiary/aromatic N) is 2. The zero-order chi connectivity index (χ0) is 16.9. The van der Waals surface area contributed by atoms with Crippen LogP contribution in [0.25, 0.3) is 11.5 Å². The Morgan fingerprint density at radius 2 is 2.12 bits per heavy atom. The van der Waals surface area contributed by atoms with Crippen molar-refractivity contribution in [3.05, 3.63) is 35.7 Å². The monoisotopic (exact) mass is 329 g/mol. The topological polar surface area (TPSA) is 77.2 Å². The van der Waals surface area contributed by atoms with E-state index in [0.717, 1.165) is 25.0 Å². The number of amides is 1. The molecule has 1 amide bonds. The van der Waals surface area contributed by atoms with Crippen molar-refractivity contribution in [1.82, 2.24) is 15.5 Å². The first kappa shape index (κ1) is 16.6. The lowest BCUT2D eigenvalue weighted by atomic mass is 10.1. The first-order valence-corrected chi connectivity index (χ1v) is 8.42. The first-order valence-electron chi connectivity index (χ1n) is 8.42. The number of aryl methyl sites for hydroxylation is 2. The van der Waals surface area contributed by atoms with Gasteiger partial charge in [-0.05, 0) is 38.8 Å². The van der Waals surface area contributed by atoms with Gasteiger partial charge >= 0.3 is 0 Å². The van der Waals surface area contributed by atoms with Crippen molar-refractivity contribution in [3.8, 4) is 11.5 Å². The van der Waals surface area contributed by atoms with Gasteiger partial charge in [0.1, 0.15) is 0 Å². The van der Waals surface area contributed by atoms with Crippen LogP contribution in [0.3, 0.4) is 0 Å². The van der Waals surface area contributed by atoms with Crippen LogP contribution in [0.5, 0.6) is 0 Å². The van der Waals surface area contributed by atoms with Crippen LogP contribution in [-0.4, -0.2) is 34.9 Å². The second-order valence-corrected chi connectivity index (χ2v) is 6.27. The third-order valence-corrected chi connectivity index (χ3v) is 4.24. The van der Waals surface area contributed by atoms with Crippen molar-refractivity contribution < 1.29 is 13.9 Å². The molecule has 1 aromatic heterocycles. The van der Waals surface area contributed by atoms with Crippen LogP contribution < -0.4 is 5.32 Å². The molecule has 1 aromatic carbocycles. The van der Waals surface area contributed by atoms with Gasteiger partial charge < -0.3 is 14.5 Å². The molecule has 128 valence electrons. The zero-order valence-corrected chi connectivity index (χ0v) is 14.1. The lowest BCUT2D eigenvalue weighted by molar-refractivity contribution is -0.122. The van der Waals surface area contributed by atoms with Gasteiger partial charge in [0.25, 0.3) is 0 Å². The Bertz CT molecular complexity index is 675. The van der Waals surface area contributed by atoms with Gasteiger partial charge in [0, 0.05) is 25.0 Å². The van der Waals surface area contributed by atoms with E-state index in [1.165, 1.54) is 5.56 Å². The number of carbonyl (C=O) groups excluding carboxylic acids is 1. The number of carbonyl (C=O) groups is 1. The smallest absolute Gasteiger partial charge is 0.247 e. The average Bonchev–Trinajstić information content (AvgIpc) is 3.25. The predicted octanol–water partition coefficient (Wildman–Crippen LogP) is 2.66. The summed E-state index contributed by atoms with van der Waals surface area (Å²) >= 11 is 0. The number of ether oxygens (including phenoxy) is 1. The van der Waals surface area contributed by atoms with Gasteiger partial charge in [-0.15, -0.1) is 10.2 Å². The molecule has 1 saturated heterocycles. The van der Waals surface area contributed by atoms with Gasteiger partial charge in [0.05, 0.1) is 12.1 Å². The van der Waals surface area contributed by atoms with E-state index in [-0.39, 0.29) is 18.1 Å². The molecule has 1 aliphatic rings. The Hall–Kier alpha value is -2.21. The molecule has 2 atom stereocenters. The minimum absolute atomic E-state index is 0.0203. The molecule has 3 rings (SSSR count). The zero-order valence-electron chi connectivity index (χ0n) is 14.1. The number of rotatable bonds is 6.